The van der Waals surface area contributed by atoms with Crippen LogP contribution >= 0.6 is 0 Å². The maximum atomic E-state index is 11.4. The summed E-state index contributed by atoms with van der Waals surface area (Å²) in [6.07, 6.45) is 3.58. The van der Waals surface area contributed by atoms with E-state index in [1.165, 1.54) is 11.6 Å². The lowest BCUT2D eigenvalue weighted by Crippen LogP contribution is -1.92. The number of aryl methyl sites for hydroxylation is 1. The molecule has 0 unspecified atom stereocenters. The van der Waals surface area contributed by atoms with Crippen molar-refractivity contribution in [3.8, 4) is 11.8 Å². The number of rotatable bonds is 4. The Bertz CT molecular complexity index is 679. The Balaban J connectivity index is 2.11. The first-order valence-corrected chi connectivity index (χ1v) is 7.10. The molecule has 2 aromatic carbocycles. The second-order valence-electron chi connectivity index (χ2n) is 4.84. The average molecular weight is 274 g/mol. The summed E-state index contributed by atoms with van der Waals surface area (Å²) in [5.41, 5.74) is 3.88. The molecule has 1 nitrogen and oxygen atoms in total. The predicted molar refractivity (Wildman–Crippen MR) is 87.4 cm³/mol. The molecule has 104 valence electrons. The monoisotopic (exact) mass is 274 g/mol. The van der Waals surface area contributed by atoms with E-state index in [1.54, 1.807) is 12.1 Å². The fourth-order valence-electron chi connectivity index (χ4n) is 2.02. The minimum Gasteiger partial charge on any atom is -0.289 e. The third-order valence-corrected chi connectivity index (χ3v) is 3.20. The van der Waals surface area contributed by atoms with Gasteiger partial charge in [0.15, 0.2) is 5.78 Å². The Hall–Kier alpha value is -2.59. The van der Waals surface area contributed by atoms with Crippen molar-refractivity contribution in [1.29, 1.82) is 0 Å². The van der Waals surface area contributed by atoms with Crippen LogP contribution in [0.3, 0.4) is 0 Å². The summed E-state index contributed by atoms with van der Waals surface area (Å²) < 4.78 is 0. The van der Waals surface area contributed by atoms with E-state index in [-0.39, 0.29) is 5.78 Å². The second-order valence-corrected chi connectivity index (χ2v) is 4.84. The fraction of sp³-hybridized carbons (Fsp3) is 0.150. The first kappa shape index (κ1) is 14.8. The first-order chi connectivity index (χ1) is 10.2. The zero-order chi connectivity index (χ0) is 15.1. The van der Waals surface area contributed by atoms with E-state index < -0.39 is 0 Å². The van der Waals surface area contributed by atoms with Gasteiger partial charge < -0.3 is 0 Å². The molecule has 0 atom stereocenters. The molecule has 0 saturated heterocycles. The molecular formula is C20H18O. The molecule has 0 N–H and O–H groups in total. The van der Waals surface area contributed by atoms with Gasteiger partial charge in [0, 0.05) is 16.7 Å². The normalized spacial score (nSPS) is 9.57. The van der Waals surface area contributed by atoms with Crippen LogP contribution in [0.5, 0.6) is 0 Å². The van der Waals surface area contributed by atoms with Crippen molar-refractivity contribution in [1.82, 2.24) is 0 Å². The van der Waals surface area contributed by atoms with Gasteiger partial charge in [0.1, 0.15) is 0 Å². The van der Waals surface area contributed by atoms with Crippen molar-refractivity contribution in [3.63, 3.8) is 0 Å². The quantitative estimate of drug-likeness (QED) is 0.458. The summed E-state index contributed by atoms with van der Waals surface area (Å²) in [6.45, 7) is 5.65. The Labute approximate surface area is 126 Å². The van der Waals surface area contributed by atoms with Crippen LogP contribution in [0.1, 0.15) is 40.4 Å². The van der Waals surface area contributed by atoms with Gasteiger partial charge in [0.05, 0.1) is 0 Å². The van der Waals surface area contributed by atoms with Crippen LogP contribution in [0.2, 0.25) is 0 Å². The minimum absolute atomic E-state index is 0.0685. The summed E-state index contributed by atoms with van der Waals surface area (Å²) in [5, 5.41) is 0. The maximum absolute atomic E-state index is 11.4. The van der Waals surface area contributed by atoms with E-state index in [0.29, 0.717) is 5.56 Å². The third kappa shape index (κ3) is 4.19. The van der Waals surface area contributed by atoms with Crippen LogP contribution in [0, 0.1) is 11.8 Å². The zero-order valence-corrected chi connectivity index (χ0v) is 12.2. The van der Waals surface area contributed by atoms with Gasteiger partial charge in [-0.25, -0.2) is 0 Å². The standard InChI is InChI=1S/C20H18O/c1-3-5-16-6-8-17(9-7-16)10-11-18-12-14-19(15-13-18)20(21)4-2/h4,6-9,12-15H,2-3,5H2,1H3. The van der Waals surface area contributed by atoms with Gasteiger partial charge in [-0.3, -0.25) is 4.79 Å². The van der Waals surface area contributed by atoms with Crippen LogP contribution in [-0.2, 0) is 6.42 Å². The number of ketones is 1. The highest BCUT2D eigenvalue weighted by atomic mass is 16.1. The van der Waals surface area contributed by atoms with Gasteiger partial charge >= 0.3 is 0 Å². The fourth-order valence-corrected chi connectivity index (χ4v) is 2.02. The van der Waals surface area contributed by atoms with Gasteiger partial charge in [-0.2, -0.15) is 0 Å². The SMILES string of the molecule is C=CC(=O)c1ccc(C#Cc2ccc(CCC)cc2)cc1. The summed E-state index contributed by atoms with van der Waals surface area (Å²) in [7, 11) is 0. The highest BCUT2D eigenvalue weighted by Gasteiger charge is 1.99. The van der Waals surface area contributed by atoms with Gasteiger partial charge in [-0.15, -0.1) is 0 Å². The molecule has 0 heterocycles. The van der Waals surface area contributed by atoms with Crippen molar-refractivity contribution in [3.05, 3.63) is 83.4 Å². The number of allylic oxidation sites excluding steroid dienone is 1. The van der Waals surface area contributed by atoms with E-state index >= 15 is 0 Å². The molecule has 2 aromatic rings. The van der Waals surface area contributed by atoms with E-state index in [4.69, 9.17) is 0 Å². The maximum Gasteiger partial charge on any atom is 0.185 e. The van der Waals surface area contributed by atoms with Gasteiger partial charge in [-0.1, -0.05) is 43.9 Å². The Kier molecular flexibility index (Phi) is 5.12. The molecule has 0 radical (unpaired) electrons. The highest BCUT2D eigenvalue weighted by Crippen LogP contribution is 2.07. The molecule has 2 rings (SSSR count). The van der Waals surface area contributed by atoms with E-state index in [2.05, 4.69) is 37.5 Å². The molecule has 0 aliphatic carbocycles. The van der Waals surface area contributed by atoms with Crippen LogP contribution in [-0.4, -0.2) is 5.78 Å². The third-order valence-electron chi connectivity index (χ3n) is 3.20. The zero-order valence-electron chi connectivity index (χ0n) is 12.2. The Morgan fingerprint density at radius 1 is 1.00 bits per heavy atom. The van der Waals surface area contributed by atoms with Crippen molar-refractivity contribution in [2.75, 3.05) is 0 Å². The van der Waals surface area contributed by atoms with Gasteiger partial charge in [-0.05, 0) is 54.5 Å². The molecular weight excluding hydrogens is 256 g/mol. The summed E-state index contributed by atoms with van der Waals surface area (Å²) >= 11 is 0. The largest absolute Gasteiger partial charge is 0.289 e. The lowest BCUT2D eigenvalue weighted by Gasteiger charge is -1.98. The number of carbonyl (C=O) groups is 1. The average Bonchev–Trinajstić information content (AvgIpc) is 2.54. The molecule has 0 amide bonds. The van der Waals surface area contributed by atoms with Crippen molar-refractivity contribution < 1.29 is 4.79 Å². The van der Waals surface area contributed by atoms with Gasteiger partial charge in [0.25, 0.3) is 0 Å². The molecule has 0 aliphatic rings. The Morgan fingerprint density at radius 3 is 2.00 bits per heavy atom. The summed E-state index contributed by atoms with van der Waals surface area (Å²) in [4.78, 5) is 11.4. The number of carbonyl (C=O) groups excluding carboxylic acids is 1. The molecule has 0 fully saturated rings. The number of hydrogen-bond donors (Lipinski definition) is 0. The molecule has 0 saturated carbocycles. The molecule has 1 heteroatoms. The lowest BCUT2D eigenvalue weighted by molar-refractivity contribution is 0.104. The molecule has 0 aromatic heterocycles. The smallest absolute Gasteiger partial charge is 0.185 e. The highest BCUT2D eigenvalue weighted by molar-refractivity contribution is 6.04. The number of hydrogen-bond acceptors (Lipinski definition) is 1. The van der Waals surface area contributed by atoms with Crippen molar-refractivity contribution >= 4 is 5.78 Å². The predicted octanol–water partition coefficient (Wildman–Crippen LogP) is 4.41. The molecule has 0 spiro atoms. The minimum atomic E-state index is -0.0685. The van der Waals surface area contributed by atoms with E-state index in [1.807, 2.05) is 24.3 Å². The van der Waals surface area contributed by atoms with Gasteiger partial charge in [0.2, 0.25) is 0 Å². The van der Waals surface area contributed by atoms with Crippen LogP contribution in [0.25, 0.3) is 0 Å². The van der Waals surface area contributed by atoms with Crippen LogP contribution < -0.4 is 0 Å². The molecule has 21 heavy (non-hydrogen) atoms. The molecule has 0 bridgehead atoms. The van der Waals surface area contributed by atoms with Crippen LogP contribution in [0.15, 0.2) is 61.2 Å². The van der Waals surface area contributed by atoms with E-state index in [9.17, 15) is 4.79 Å². The lowest BCUT2D eigenvalue weighted by atomic mass is 10.1. The second kappa shape index (κ2) is 7.26. The molecule has 0 aliphatic heterocycles. The van der Waals surface area contributed by atoms with Crippen molar-refractivity contribution in [2.24, 2.45) is 0 Å². The topological polar surface area (TPSA) is 17.1 Å². The first-order valence-electron chi connectivity index (χ1n) is 7.10. The van der Waals surface area contributed by atoms with E-state index in [0.717, 1.165) is 24.0 Å². The Morgan fingerprint density at radius 2 is 1.52 bits per heavy atom. The summed E-state index contributed by atoms with van der Waals surface area (Å²) in [6, 6.07) is 15.6. The summed E-state index contributed by atoms with van der Waals surface area (Å²) in [5.74, 6) is 6.18. The number of benzene rings is 2. The van der Waals surface area contributed by atoms with Crippen molar-refractivity contribution in [2.45, 2.75) is 19.8 Å². The van der Waals surface area contributed by atoms with Crippen LogP contribution in [0.4, 0.5) is 0 Å².